The first-order valence-corrected chi connectivity index (χ1v) is 6.42. The number of benzene rings is 2. The second-order valence-corrected chi connectivity index (χ2v) is 4.58. The first-order chi connectivity index (χ1) is 9.20. The molecular weight excluding hydrogens is 235 g/mol. The third kappa shape index (κ3) is 3.47. The van der Waals surface area contributed by atoms with Gasteiger partial charge in [-0.15, -0.1) is 0 Å². The van der Waals surface area contributed by atoms with Gasteiger partial charge in [-0.2, -0.15) is 0 Å². The van der Waals surface area contributed by atoms with Crippen LogP contribution in [0.1, 0.15) is 22.3 Å². The summed E-state index contributed by atoms with van der Waals surface area (Å²) in [4.78, 5) is 12.1. The summed E-state index contributed by atoms with van der Waals surface area (Å²) in [6.07, 6.45) is 1.27. The highest BCUT2D eigenvalue weighted by atomic mass is 16.5. The van der Waals surface area contributed by atoms with Crippen LogP contribution in [0.3, 0.4) is 0 Å². The Kier molecular flexibility index (Phi) is 4.40. The highest BCUT2D eigenvalue weighted by Crippen LogP contribution is 2.13. The normalized spacial score (nSPS) is 10.2. The van der Waals surface area contributed by atoms with Gasteiger partial charge in [-0.05, 0) is 18.6 Å². The lowest BCUT2D eigenvalue weighted by Gasteiger charge is -2.08. The molecule has 0 atom stereocenters. The SMILES string of the molecule is Bc1ccc(OC)cc1CCC(=O)c1ccccc1. The van der Waals surface area contributed by atoms with Crippen LogP contribution in [-0.2, 0) is 6.42 Å². The van der Waals surface area contributed by atoms with Crippen molar-refractivity contribution in [3.05, 3.63) is 59.7 Å². The van der Waals surface area contributed by atoms with E-state index in [-0.39, 0.29) is 5.78 Å². The van der Waals surface area contributed by atoms with E-state index in [1.807, 2.05) is 48.5 Å². The lowest BCUT2D eigenvalue weighted by atomic mass is 9.87. The largest absolute Gasteiger partial charge is 0.497 e. The van der Waals surface area contributed by atoms with Gasteiger partial charge in [-0.3, -0.25) is 4.79 Å². The average molecular weight is 252 g/mol. The standard InChI is InChI=1S/C16H17BO2/c1-19-14-8-9-15(17)13(11-14)7-10-16(18)12-5-3-2-4-6-12/h2-6,8-9,11H,7,10,17H2,1H3. The number of hydrogen-bond donors (Lipinski definition) is 0. The fraction of sp³-hybridized carbons (Fsp3) is 0.188. The van der Waals surface area contributed by atoms with Gasteiger partial charge in [0.1, 0.15) is 13.6 Å². The molecule has 0 radical (unpaired) electrons. The smallest absolute Gasteiger partial charge is 0.163 e. The van der Waals surface area contributed by atoms with Crippen molar-refractivity contribution in [2.24, 2.45) is 0 Å². The molecule has 0 aromatic heterocycles. The number of methoxy groups -OCH3 is 1. The minimum absolute atomic E-state index is 0.183. The molecule has 2 nitrogen and oxygen atoms in total. The van der Waals surface area contributed by atoms with E-state index in [2.05, 4.69) is 7.85 Å². The van der Waals surface area contributed by atoms with E-state index in [1.165, 1.54) is 11.0 Å². The summed E-state index contributed by atoms with van der Waals surface area (Å²) in [5.74, 6) is 1.02. The van der Waals surface area contributed by atoms with Crippen molar-refractivity contribution in [2.75, 3.05) is 7.11 Å². The second-order valence-electron chi connectivity index (χ2n) is 4.58. The van der Waals surface area contributed by atoms with E-state index in [0.717, 1.165) is 17.7 Å². The van der Waals surface area contributed by atoms with Gasteiger partial charge in [-0.1, -0.05) is 47.4 Å². The third-order valence-corrected chi connectivity index (χ3v) is 3.27. The zero-order valence-corrected chi connectivity index (χ0v) is 11.3. The van der Waals surface area contributed by atoms with Crippen molar-refractivity contribution in [3.8, 4) is 5.75 Å². The monoisotopic (exact) mass is 252 g/mol. The van der Waals surface area contributed by atoms with E-state index in [1.54, 1.807) is 7.11 Å². The summed E-state index contributed by atoms with van der Waals surface area (Å²) in [6.45, 7) is 0. The van der Waals surface area contributed by atoms with Gasteiger partial charge in [-0.25, -0.2) is 0 Å². The van der Waals surface area contributed by atoms with Crippen molar-refractivity contribution in [1.82, 2.24) is 0 Å². The Labute approximate surface area is 114 Å². The molecule has 0 amide bonds. The van der Waals surface area contributed by atoms with Gasteiger partial charge < -0.3 is 4.74 Å². The zero-order chi connectivity index (χ0) is 13.7. The van der Waals surface area contributed by atoms with Crippen molar-refractivity contribution in [3.63, 3.8) is 0 Å². The summed E-state index contributed by atoms with van der Waals surface area (Å²) in [5.41, 5.74) is 3.15. The van der Waals surface area contributed by atoms with Gasteiger partial charge in [0.2, 0.25) is 0 Å². The van der Waals surface area contributed by atoms with Crippen molar-refractivity contribution < 1.29 is 9.53 Å². The third-order valence-electron chi connectivity index (χ3n) is 3.27. The number of hydrogen-bond acceptors (Lipinski definition) is 2. The molecule has 0 N–H and O–H groups in total. The molecule has 2 aromatic rings. The molecule has 19 heavy (non-hydrogen) atoms. The number of carbonyl (C=O) groups excluding carboxylic acids is 1. The van der Waals surface area contributed by atoms with Crippen LogP contribution in [-0.4, -0.2) is 20.7 Å². The van der Waals surface area contributed by atoms with Crippen molar-refractivity contribution >= 4 is 19.1 Å². The predicted octanol–water partition coefficient (Wildman–Crippen LogP) is 1.77. The Hall–Kier alpha value is -2.03. The quantitative estimate of drug-likeness (QED) is 0.598. The van der Waals surface area contributed by atoms with Crippen molar-refractivity contribution in [1.29, 1.82) is 0 Å². The Balaban J connectivity index is 2.05. The van der Waals surface area contributed by atoms with Crippen LogP contribution in [0.4, 0.5) is 0 Å². The molecule has 0 spiro atoms. The van der Waals surface area contributed by atoms with E-state index >= 15 is 0 Å². The summed E-state index contributed by atoms with van der Waals surface area (Å²) < 4.78 is 5.22. The molecule has 96 valence electrons. The molecule has 0 aliphatic carbocycles. The molecular formula is C16H17BO2. The highest BCUT2D eigenvalue weighted by Gasteiger charge is 2.07. The van der Waals surface area contributed by atoms with Crippen LogP contribution < -0.4 is 10.2 Å². The molecule has 0 saturated carbocycles. The van der Waals surface area contributed by atoms with Crippen LogP contribution in [0.5, 0.6) is 5.75 Å². The predicted molar refractivity (Wildman–Crippen MR) is 80.3 cm³/mol. The number of Topliss-reactive ketones (excluding diaryl/α,β-unsaturated/α-hetero) is 1. The van der Waals surface area contributed by atoms with E-state index < -0.39 is 0 Å². The molecule has 2 rings (SSSR count). The Morgan fingerprint density at radius 3 is 2.58 bits per heavy atom. The van der Waals surface area contributed by atoms with E-state index in [0.29, 0.717) is 6.42 Å². The molecule has 0 aliphatic heterocycles. The minimum Gasteiger partial charge on any atom is -0.497 e. The molecule has 0 heterocycles. The average Bonchev–Trinajstić information content (AvgIpc) is 2.47. The van der Waals surface area contributed by atoms with Gasteiger partial charge in [0.05, 0.1) is 7.11 Å². The maximum atomic E-state index is 12.1. The fourth-order valence-electron chi connectivity index (χ4n) is 2.06. The number of rotatable bonds is 5. The molecule has 0 bridgehead atoms. The molecule has 0 aliphatic rings. The maximum Gasteiger partial charge on any atom is 0.163 e. The van der Waals surface area contributed by atoms with Gasteiger partial charge >= 0.3 is 0 Å². The Morgan fingerprint density at radius 1 is 1.16 bits per heavy atom. The van der Waals surface area contributed by atoms with Crippen molar-refractivity contribution in [2.45, 2.75) is 12.8 Å². The summed E-state index contributed by atoms with van der Waals surface area (Å²) in [5, 5.41) is 0. The lowest BCUT2D eigenvalue weighted by molar-refractivity contribution is 0.0983. The van der Waals surface area contributed by atoms with Gasteiger partial charge in [0, 0.05) is 12.0 Å². The van der Waals surface area contributed by atoms with Crippen LogP contribution in [0.15, 0.2) is 48.5 Å². The Morgan fingerprint density at radius 2 is 1.89 bits per heavy atom. The first-order valence-electron chi connectivity index (χ1n) is 6.42. The van der Waals surface area contributed by atoms with Gasteiger partial charge in [0.15, 0.2) is 5.78 Å². The Bertz CT molecular complexity index is 564. The first kappa shape index (κ1) is 13.4. The topological polar surface area (TPSA) is 26.3 Å². The number of ketones is 1. The van der Waals surface area contributed by atoms with E-state index in [9.17, 15) is 4.79 Å². The zero-order valence-electron chi connectivity index (χ0n) is 11.3. The number of carbonyl (C=O) groups is 1. The summed E-state index contributed by atoms with van der Waals surface area (Å²) in [7, 11) is 3.71. The minimum atomic E-state index is 0.183. The van der Waals surface area contributed by atoms with Crippen LogP contribution in [0.2, 0.25) is 0 Å². The summed E-state index contributed by atoms with van der Waals surface area (Å²) in [6, 6.07) is 15.4. The van der Waals surface area contributed by atoms with Crippen LogP contribution in [0.25, 0.3) is 0 Å². The number of aryl methyl sites for hydroxylation is 1. The second kappa shape index (κ2) is 6.23. The molecule has 2 aromatic carbocycles. The maximum absolute atomic E-state index is 12.1. The van der Waals surface area contributed by atoms with Crippen LogP contribution in [0, 0.1) is 0 Å². The summed E-state index contributed by atoms with van der Waals surface area (Å²) >= 11 is 0. The molecule has 0 unspecified atom stereocenters. The van der Waals surface area contributed by atoms with E-state index in [4.69, 9.17) is 4.74 Å². The molecule has 0 fully saturated rings. The highest BCUT2D eigenvalue weighted by molar-refractivity contribution is 6.33. The fourth-order valence-corrected chi connectivity index (χ4v) is 2.06. The molecule has 0 saturated heterocycles. The van der Waals surface area contributed by atoms with Gasteiger partial charge in [0.25, 0.3) is 0 Å². The van der Waals surface area contributed by atoms with Crippen LogP contribution >= 0.6 is 0 Å². The lowest BCUT2D eigenvalue weighted by Crippen LogP contribution is -2.12. The number of ether oxygens (including phenoxy) is 1. The molecule has 3 heteroatoms.